The first-order valence-corrected chi connectivity index (χ1v) is 26.2. The van der Waals surface area contributed by atoms with Gasteiger partial charge in [-0.05, 0) is 180 Å². The predicted molar refractivity (Wildman–Crippen MR) is 314 cm³/mol. The van der Waals surface area contributed by atoms with Crippen LogP contribution in [0.4, 0.5) is 0 Å². The van der Waals surface area contributed by atoms with E-state index in [1.165, 1.54) is 11.1 Å². The van der Waals surface area contributed by atoms with E-state index in [-0.39, 0.29) is 76.8 Å². The topological polar surface area (TPSA) is 304 Å². The fraction of sp³-hybridized carbons (Fsp3) is 0.231. The Hall–Kier alpha value is -7.98. The number of hydrogen-bond donors (Lipinski definition) is 13. The summed E-state index contributed by atoms with van der Waals surface area (Å²) in [5, 5.41) is 56.2. The molecule has 0 aliphatic rings. The molecule has 0 radical (unpaired) electrons. The highest BCUT2D eigenvalue weighted by molar-refractivity contribution is 5.39. The fourth-order valence-corrected chi connectivity index (χ4v) is 8.79. The van der Waals surface area contributed by atoms with Crippen molar-refractivity contribution >= 4 is 0 Å². The Morgan fingerprint density at radius 1 is 0.282 bits per heavy atom. The first kappa shape index (κ1) is 59.3. The summed E-state index contributed by atoms with van der Waals surface area (Å²) in [6, 6.07) is 55.8. The van der Waals surface area contributed by atoms with Gasteiger partial charge < -0.3 is 70.8 Å². The molecule has 0 heterocycles. The van der Waals surface area contributed by atoms with Gasteiger partial charge >= 0.3 is 0 Å². The quantitative estimate of drug-likeness (QED) is 0.0318. The third-order valence-corrected chi connectivity index (χ3v) is 13.4. The minimum Gasteiger partial charge on any atom is -0.508 e. The molecule has 408 valence electrons. The van der Waals surface area contributed by atoms with Gasteiger partial charge in [0.25, 0.3) is 0 Å². The van der Waals surface area contributed by atoms with Gasteiger partial charge in [0.2, 0.25) is 0 Å². The van der Waals surface area contributed by atoms with Gasteiger partial charge in [0.1, 0.15) is 34.5 Å². The van der Waals surface area contributed by atoms with Crippen LogP contribution in [0.3, 0.4) is 0 Å². The van der Waals surface area contributed by atoms with Crippen LogP contribution in [-0.4, -0.2) is 54.8 Å². The molecule has 78 heavy (non-hydrogen) atoms. The minimum atomic E-state index is -0.249. The highest BCUT2D eigenvalue weighted by Crippen LogP contribution is 2.29. The van der Waals surface area contributed by atoms with Crippen molar-refractivity contribution in [3.63, 3.8) is 0 Å². The molecule has 0 fully saturated rings. The Morgan fingerprint density at radius 3 is 0.705 bits per heavy atom. The zero-order valence-electron chi connectivity index (χ0n) is 44.3. The molecule has 8 rings (SSSR count). The summed E-state index contributed by atoms with van der Waals surface area (Å²) < 4.78 is 0. The molecular formula is C65H77N7O6. The maximum absolute atomic E-state index is 9.60. The van der Waals surface area contributed by atoms with Crippen LogP contribution >= 0.6 is 0 Å². The van der Waals surface area contributed by atoms with Crippen LogP contribution in [0.5, 0.6) is 34.5 Å². The Bertz CT molecular complexity index is 2770. The zero-order valence-corrected chi connectivity index (χ0v) is 44.3. The maximum atomic E-state index is 9.60. The number of rotatable bonds is 20. The van der Waals surface area contributed by atoms with Crippen molar-refractivity contribution in [2.24, 2.45) is 40.1 Å². The number of nitrogens with two attached hydrogens (primary N) is 7. The van der Waals surface area contributed by atoms with Crippen molar-refractivity contribution in [2.75, 3.05) is 0 Å². The largest absolute Gasteiger partial charge is 0.508 e. The summed E-state index contributed by atoms with van der Waals surface area (Å²) in [7, 11) is 0. The van der Waals surface area contributed by atoms with Crippen molar-refractivity contribution in [1.29, 1.82) is 0 Å². The van der Waals surface area contributed by atoms with E-state index < -0.39 is 0 Å². The minimum absolute atomic E-state index is 0.115. The van der Waals surface area contributed by atoms with Crippen molar-refractivity contribution in [3.05, 3.63) is 261 Å². The van der Waals surface area contributed by atoms with Gasteiger partial charge in [-0.25, -0.2) is 0 Å². The van der Waals surface area contributed by atoms with Crippen LogP contribution in [0.25, 0.3) is 0 Å². The number of aryl methyl sites for hydroxylation is 1. The zero-order chi connectivity index (χ0) is 56.1. The molecule has 0 aliphatic heterocycles. The van der Waals surface area contributed by atoms with Crippen molar-refractivity contribution < 1.29 is 30.6 Å². The molecule has 20 N–H and O–H groups in total. The Morgan fingerprint density at radius 2 is 0.474 bits per heavy atom. The molecule has 0 saturated heterocycles. The number of phenols is 6. The SMILES string of the molecule is Cc1ccc(C[C@H](N)c2cc([C@@H](N)Cc3ccc(O)cc3)cc([C@@H](N)Cc3ccc(O)cc3)c2)cc1.N[C@@H](Cc1ccc(O)cc1)[C@@H](N)Cc1ccc(O)cc1.N[C@H](/C=C/[C@@H](N)Cc1ccc(O)cc1)Cc1ccc(O)cc1. The van der Waals surface area contributed by atoms with E-state index in [1.54, 1.807) is 72.8 Å². The molecule has 0 spiro atoms. The molecule has 0 aromatic heterocycles. The van der Waals surface area contributed by atoms with Gasteiger partial charge in [0.15, 0.2) is 0 Å². The van der Waals surface area contributed by atoms with Gasteiger partial charge in [-0.3, -0.25) is 0 Å². The van der Waals surface area contributed by atoms with E-state index in [2.05, 4.69) is 49.4 Å². The lowest BCUT2D eigenvalue weighted by atomic mass is 9.89. The van der Waals surface area contributed by atoms with Crippen molar-refractivity contribution in [1.82, 2.24) is 0 Å². The van der Waals surface area contributed by atoms with Gasteiger partial charge in [0, 0.05) is 42.3 Å². The van der Waals surface area contributed by atoms with E-state index in [0.717, 1.165) is 50.1 Å². The second-order valence-corrected chi connectivity index (χ2v) is 20.2. The third-order valence-electron chi connectivity index (χ3n) is 13.4. The van der Waals surface area contributed by atoms with Gasteiger partial charge in [-0.15, -0.1) is 0 Å². The van der Waals surface area contributed by atoms with Crippen LogP contribution in [0.15, 0.2) is 200 Å². The number of benzene rings is 8. The van der Waals surface area contributed by atoms with Crippen molar-refractivity contribution in [2.45, 2.75) is 94.2 Å². The third kappa shape index (κ3) is 20.2. The van der Waals surface area contributed by atoms with Gasteiger partial charge in [-0.2, -0.15) is 0 Å². The lowest BCUT2D eigenvalue weighted by Crippen LogP contribution is -2.44. The Labute approximate surface area is 459 Å². The van der Waals surface area contributed by atoms with Gasteiger partial charge in [-0.1, -0.05) is 133 Å². The van der Waals surface area contributed by atoms with Crippen LogP contribution in [0.1, 0.15) is 79.3 Å². The number of phenolic OH excluding ortho intramolecular Hbond substituents is 6. The second kappa shape index (κ2) is 29.5. The summed E-state index contributed by atoms with van der Waals surface area (Å²) in [6.45, 7) is 2.07. The molecule has 0 unspecified atom stereocenters. The first-order chi connectivity index (χ1) is 37.3. The molecule has 0 amide bonds. The molecule has 8 aromatic rings. The Balaban J connectivity index is 0.000000202. The summed E-state index contributed by atoms with van der Waals surface area (Å²) in [4.78, 5) is 0. The molecule has 0 bridgehead atoms. The fourth-order valence-electron chi connectivity index (χ4n) is 8.79. The van der Waals surface area contributed by atoms with Crippen LogP contribution in [-0.2, 0) is 44.9 Å². The van der Waals surface area contributed by atoms with Crippen LogP contribution in [0.2, 0.25) is 0 Å². The van der Waals surface area contributed by atoms with Gasteiger partial charge in [0.05, 0.1) is 0 Å². The summed E-state index contributed by atoms with van der Waals surface area (Å²) in [5.74, 6) is 1.47. The highest BCUT2D eigenvalue weighted by atomic mass is 16.3. The second-order valence-electron chi connectivity index (χ2n) is 20.2. The lowest BCUT2D eigenvalue weighted by Gasteiger charge is -2.22. The van der Waals surface area contributed by atoms with E-state index in [9.17, 15) is 30.6 Å². The maximum Gasteiger partial charge on any atom is 0.115 e. The molecular weight excluding hydrogens is 975 g/mol. The van der Waals surface area contributed by atoms with E-state index >= 15 is 0 Å². The average Bonchev–Trinajstić information content (AvgIpc) is 3.45. The average molecular weight is 1050 g/mol. The van der Waals surface area contributed by atoms with E-state index in [0.29, 0.717) is 44.9 Å². The molecule has 8 aromatic carbocycles. The number of hydrogen-bond acceptors (Lipinski definition) is 13. The first-order valence-electron chi connectivity index (χ1n) is 26.2. The number of aromatic hydroxyl groups is 6. The molecule has 13 nitrogen and oxygen atoms in total. The molecule has 0 saturated carbocycles. The van der Waals surface area contributed by atoms with Crippen molar-refractivity contribution in [3.8, 4) is 34.5 Å². The summed E-state index contributed by atoms with van der Waals surface area (Å²) in [6.07, 6.45) is 8.52. The standard InChI is InChI=1S/C31H35N3O2.C18H22N2O2.C16H20N2O2/c1-20-2-4-21(5-3-20)14-29(32)24-17-25(30(33)15-22-6-10-27(35)11-7-22)19-26(18-24)31(34)16-23-8-12-28(36)13-9-23;19-15(11-13-1-7-17(21)8-2-13)5-6-16(20)12-14-3-9-18(22)10-4-14;17-15(9-11-1-5-13(19)6-2-11)16(18)10-12-3-7-14(20)8-4-12/h2-13,17-19,29-31,35-36H,14-16,32-34H2,1H3;1-10,15-16,21-22H,11-12,19-20H2;1-8,15-16,19-20H,9-10,17-18H2/b;6-5+;/t29-,30-,31-;2*15-,16-/m010/s1. The van der Waals surface area contributed by atoms with E-state index in [1.807, 2.05) is 84.9 Å². The van der Waals surface area contributed by atoms with Crippen LogP contribution in [0, 0.1) is 6.92 Å². The Kier molecular flexibility index (Phi) is 22.4. The van der Waals surface area contributed by atoms with E-state index in [4.69, 9.17) is 40.1 Å². The molecule has 13 heteroatoms. The lowest BCUT2D eigenvalue weighted by molar-refractivity contribution is 0.473. The summed E-state index contributed by atoms with van der Waals surface area (Å²) >= 11 is 0. The highest BCUT2D eigenvalue weighted by Gasteiger charge is 2.18. The monoisotopic (exact) mass is 1050 g/mol. The molecule has 0 aliphatic carbocycles. The predicted octanol–water partition coefficient (Wildman–Crippen LogP) is 8.77. The normalized spacial score (nSPS) is 13.9. The smallest absolute Gasteiger partial charge is 0.115 e. The summed E-state index contributed by atoms with van der Waals surface area (Å²) in [5.41, 5.74) is 56.1. The van der Waals surface area contributed by atoms with Crippen LogP contribution < -0.4 is 40.1 Å². The molecule has 7 atom stereocenters.